The summed E-state index contributed by atoms with van der Waals surface area (Å²) in [7, 11) is 0. The minimum Gasteiger partial charge on any atom is -0.338 e. The Balaban J connectivity index is 2.19. The molecule has 1 aromatic heterocycles. The number of likely N-dealkylation sites (tertiary alicyclic amines) is 1. The van der Waals surface area contributed by atoms with Crippen molar-refractivity contribution in [3.05, 3.63) is 23.8 Å². The Kier molecular flexibility index (Phi) is 4.70. The summed E-state index contributed by atoms with van der Waals surface area (Å²) in [5.74, 6) is 0.644. The van der Waals surface area contributed by atoms with Crippen molar-refractivity contribution in [3.63, 3.8) is 0 Å². The van der Waals surface area contributed by atoms with Gasteiger partial charge in [0.2, 0.25) is 0 Å². The third-order valence-electron chi connectivity index (χ3n) is 4.01. The van der Waals surface area contributed by atoms with E-state index in [0.717, 1.165) is 31.6 Å². The highest BCUT2D eigenvalue weighted by Gasteiger charge is 2.28. The SMILES string of the molecule is CC(C)c1ncncc1C(=O)N1CCCC(C(C)N)C1. The van der Waals surface area contributed by atoms with Crippen LogP contribution in [0.2, 0.25) is 0 Å². The summed E-state index contributed by atoms with van der Waals surface area (Å²) in [4.78, 5) is 22.9. The first-order chi connectivity index (χ1) is 9.50. The van der Waals surface area contributed by atoms with Crippen LogP contribution in [-0.2, 0) is 0 Å². The van der Waals surface area contributed by atoms with E-state index < -0.39 is 0 Å². The monoisotopic (exact) mass is 276 g/mol. The summed E-state index contributed by atoms with van der Waals surface area (Å²) >= 11 is 0. The topological polar surface area (TPSA) is 72.1 Å². The Morgan fingerprint density at radius 2 is 2.20 bits per heavy atom. The van der Waals surface area contributed by atoms with Gasteiger partial charge in [-0.1, -0.05) is 13.8 Å². The van der Waals surface area contributed by atoms with Gasteiger partial charge in [-0.25, -0.2) is 9.97 Å². The van der Waals surface area contributed by atoms with Crippen LogP contribution in [0.1, 0.15) is 55.6 Å². The molecule has 1 amide bonds. The molecule has 0 bridgehead atoms. The molecule has 1 aliphatic rings. The number of piperidine rings is 1. The van der Waals surface area contributed by atoms with Gasteiger partial charge in [-0.15, -0.1) is 0 Å². The number of aromatic nitrogens is 2. The summed E-state index contributed by atoms with van der Waals surface area (Å²) in [5.41, 5.74) is 7.44. The minimum atomic E-state index is 0.0413. The van der Waals surface area contributed by atoms with E-state index in [4.69, 9.17) is 5.73 Å². The second-order valence-corrected chi connectivity index (χ2v) is 5.99. The molecule has 0 aromatic carbocycles. The van der Waals surface area contributed by atoms with Crippen LogP contribution in [0.15, 0.2) is 12.5 Å². The Hall–Kier alpha value is -1.49. The highest BCUT2D eigenvalue weighted by Crippen LogP contribution is 2.23. The lowest BCUT2D eigenvalue weighted by Crippen LogP contribution is -2.45. The standard InChI is InChI=1S/C15H24N4O/c1-10(2)14-13(7-17-9-18-14)15(20)19-6-4-5-12(8-19)11(3)16/h7,9-12H,4-6,8,16H2,1-3H3. The molecule has 20 heavy (non-hydrogen) atoms. The van der Waals surface area contributed by atoms with Crippen LogP contribution in [0.4, 0.5) is 0 Å². The van der Waals surface area contributed by atoms with Gasteiger partial charge in [0.1, 0.15) is 6.33 Å². The fraction of sp³-hybridized carbons (Fsp3) is 0.667. The van der Waals surface area contributed by atoms with Crippen molar-refractivity contribution in [2.75, 3.05) is 13.1 Å². The maximum absolute atomic E-state index is 12.7. The van der Waals surface area contributed by atoms with Crippen LogP contribution in [0.3, 0.4) is 0 Å². The second-order valence-electron chi connectivity index (χ2n) is 5.99. The van der Waals surface area contributed by atoms with Crippen molar-refractivity contribution in [2.45, 2.75) is 45.6 Å². The maximum atomic E-state index is 12.7. The fourth-order valence-electron chi connectivity index (χ4n) is 2.76. The van der Waals surface area contributed by atoms with Gasteiger partial charge in [-0.2, -0.15) is 0 Å². The van der Waals surface area contributed by atoms with E-state index >= 15 is 0 Å². The normalized spacial score (nSPS) is 21.1. The van der Waals surface area contributed by atoms with Gasteiger partial charge in [-0.05, 0) is 31.6 Å². The van der Waals surface area contributed by atoms with Gasteiger partial charge in [0.05, 0.1) is 11.3 Å². The van der Waals surface area contributed by atoms with Crippen molar-refractivity contribution in [1.29, 1.82) is 0 Å². The largest absolute Gasteiger partial charge is 0.338 e. The molecule has 0 radical (unpaired) electrons. The minimum absolute atomic E-state index is 0.0413. The summed E-state index contributed by atoms with van der Waals surface area (Å²) in [6.45, 7) is 7.64. The third-order valence-corrected chi connectivity index (χ3v) is 4.01. The molecule has 2 rings (SSSR count). The Morgan fingerprint density at radius 1 is 1.45 bits per heavy atom. The number of rotatable bonds is 3. The fourth-order valence-corrected chi connectivity index (χ4v) is 2.76. The number of carbonyl (C=O) groups excluding carboxylic acids is 1. The average Bonchev–Trinajstić information content (AvgIpc) is 2.46. The van der Waals surface area contributed by atoms with Crippen molar-refractivity contribution in [2.24, 2.45) is 11.7 Å². The van der Waals surface area contributed by atoms with Gasteiger partial charge in [-0.3, -0.25) is 4.79 Å². The number of nitrogens with zero attached hydrogens (tertiary/aromatic N) is 3. The molecule has 2 unspecified atom stereocenters. The second kappa shape index (κ2) is 6.31. The summed E-state index contributed by atoms with van der Waals surface area (Å²) < 4.78 is 0. The zero-order valence-electron chi connectivity index (χ0n) is 12.5. The molecule has 2 N–H and O–H groups in total. The molecule has 0 spiro atoms. The third kappa shape index (κ3) is 3.15. The number of hydrogen-bond donors (Lipinski definition) is 1. The van der Waals surface area contributed by atoms with E-state index in [1.807, 2.05) is 25.7 Å². The van der Waals surface area contributed by atoms with Crippen LogP contribution >= 0.6 is 0 Å². The van der Waals surface area contributed by atoms with Gasteiger partial charge >= 0.3 is 0 Å². The van der Waals surface area contributed by atoms with Crippen molar-refractivity contribution in [3.8, 4) is 0 Å². The molecular formula is C15H24N4O. The van der Waals surface area contributed by atoms with Crippen molar-refractivity contribution < 1.29 is 4.79 Å². The quantitative estimate of drug-likeness (QED) is 0.913. The lowest BCUT2D eigenvalue weighted by molar-refractivity contribution is 0.0658. The van der Waals surface area contributed by atoms with Crippen molar-refractivity contribution in [1.82, 2.24) is 14.9 Å². The molecule has 1 fully saturated rings. The Bertz CT molecular complexity index is 473. The number of amides is 1. The van der Waals surface area contributed by atoms with Crippen LogP contribution in [0, 0.1) is 5.92 Å². The molecule has 1 saturated heterocycles. The number of nitrogens with two attached hydrogens (primary N) is 1. The Labute approximate surface area is 120 Å². The smallest absolute Gasteiger partial charge is 0.257 e. The molecule has 2 atom stereocenters. The van der Waals surface area contributed by atoms with Crippen LogP contribution in [0.5, 0.6) is 0 Å². The molecule has 2 heterocycles. The van der Waals surface area contributed by atoms with Crippen LogP contribution in [-0.4, -0.2) is 39.9 Å². The average molecular weight is 276 g/mol. The highest BCUT2D eigenvalue weighted by molar-refractivity contribution is 5.95. The maximum Gasteiger partial charge on any atom is 0.257 e. The summed E-state index contributed by atoms with van der Waals surface area (Å²) in [6.07, 6.45) is 5.26. The van der Waals surface area contributed by atoms with Gasteiger partial charge < -0.3 is 10.6 Å². The molecule has 0 aliphatic carbocycles. The first-order valence-corrected chi connectivity index (χ1v) is 7.35. The molecule has 5 nitrogen and oxygen atoms in total. The number of hydrogen-bond acceptors (Lipinski definition) is 4. The molecule has 110 valence electrons. The molecule has 1 aromatic rings. The van der Waals surface area contributed by atoms with Crippen LogP contribution < -0.4 is 5.73 Å². The predicted molar refractivity (Wildman–Crippen MR) is 78.4 cm³/mol. The van der Waals surface area contributed by atoms with E-state index in [0.29, 0.717) is 11.5 Å². The molecule has 1 aliphatic heterocycles. The molecule has 5 heteroatoms. The number of carbonyl (C=O) groups is 1. The lowest BCUT2D eigenvalue weighted by Gasteiger charge is -2.35. The van der Waals surface area contributed by atoms with E-state index in [-0.39, 0.29) is 17.9 Å². The first-order valence-electron chi connectivity index (χ1n) is 7.35. The summed E-state index contributed by atoms with van der Waals surface area (Å²) in [5, 5.41) is 0. The zero-order valence-corrected chi connectivity index (χ0v) is 12.5. The lowest BCUT2D eigenvalue weighted by atomic mass is 9.91. The molecular weight excluding hydrogens is 252 g/mol. The van der Waals surface area contributed by atoms with E-state index in [1.54, 1.807) is 6.20 Å². The van der Waals surface area contributed by atoms with E-state index in [9.17, 15) is 4.79 Å². The van der Waals surface area contributed by atoms with Crippen molar-refractivity contribution >= 4 is 5.91 Å². The zero-order chi connectivity index (χ0) is 14.7. The molecule has 0 saturated carbocycles. The van der Waals surface area contributed by atoms with Gasteiger partial charge in [0, 0.05) is 25.3 Å². The van der Waals surface area contributed by atoms with Gasteiger partial charge in [0.15, 0.2) is 0 Å². The summed E-state index contributed by atoms with van der Waals surface area (Å²) in [6, 6.07) is 0.127. The predicted octanol–water partition coefficient (Wildman–Crippen LogP) is 1.80. The van der Waals surface area contributed by atoms with Gasteiger partial charge in [0.25, 0.3) is 5.91 Å². The van der Waals surface area contributed by atoms with Crippen LogP contribution in [0.25, 0.3) is 0 Å². The van der Waals surface area contributed by atoms with E-state index in [2.05, 4.69) is 9.97 Å². The first kappa shape index (κ1) is 14.9. The Morgan fingerprint density at radius 3 is 2.85 bits per heavy atom. The highest BCUT2D eigenvalue weighted by atomic mass is 16.2. The van der Waals surface area contributed by atoms with E-state index in [1.165, 1.54) is 6.33 Å².